The molecule has 48 valence electrons. The molecule has 1 aliphatic heterocycles. The topological polar surface area (TPSA) is 3.24 Å². The molecule has 1 rings (SSSR count). The van der Waals surface area contributed by atoms with E-state index < -0.39 is 0 Å². The highest BCUT2D eigenvalue weighted by Gasteiger charge is 2.23. The van der Waals surface area contributed by atoms with Gasteiger partial charge in [-0.1, -0.05) is 0 Å². The molecule has 8 heavy (non-hydrogen) atoms. The van der Waals surface area contributed by atoms with Crippen LogP contribution in [0, 0.1) is 7.05 Å². The Hall–Kier alpha value is -0.0400. The summed E-state index contributed by atoms with van der Waals surface area (Å²) >= 11 is 0. The molecule has 1 aliphatic rings. The molecule has 1 saturated heterocycles. The fourth-order valence-electron chi connectivity index (χ4n) is 1.16. The Morgan fingerprint density at radius 3 is 2.25 bits per heavy atom. The van der Waals surface area contributed by atoms with Crippen molar-refractivity contribution < 1.29 is 0 Å². The second kappa shape index (κ2) is 1.73. The summed E-state index contributed by atoms with van der Waals surface area (Å²) in [6, 6.07) is 0. The number of hydrogen-bond donors (Lipinski definition) is 0. The van der Waals surface area contributed by atoms with Gasteiger partial charge in [-0.3, -0.25) is 7.05 Å². The summed E-state index contributed by atoms with van der Waals surface area (Å²) in [6.07, 6.45) is 2.62. The van der Waals surface area contributed by atoms with Crippen LogP contribution in [0.5, 0.6) is 0 Å². The summed E-state index contributed by atoms with van der Waals surface area (Å²) in [5.74, 6) is 0. The van der Waals surface area contributed by atoms with Gasteiger partial charge in [-0.05, 0) is 38.8 Å². The first kappa shape index (κ1) is 6.09. The Morgan fingerprint density at radius 1 is 1.50 bits per heavy atom. The normalized spacial score (nSPS) is 28.9. The second-order valence-electron chi connectivity index (χ2n) is 3.18. The average Bonchev–Trinajstić information content (AvgIpc) is 1.86. The molecular weight excluding hydrogens is 98.1 g/mol. The summed E-state index contributed by atoms with van der Waals surface area (Å²) in [5.41, 5.74) is 0.375. The van der Waals surface area contributed by atoms with Crippen molar-refractivity contribution in [1.82, 2.24) is 4.90 Å². The minimum absolute atomic E-state index is 0.375. The van der Waals surface area contributed by atoms with Gasteiger partial charge in [-0.2, -0.15) is 0 Å². The summed E-state index contributed by atoms with van der Waals surface area (Å²) in [4.78, 5) is 2.17. The lowest BCUT2D eigenvalue weighted by atomic mass is 10.0. The summed E-state index contributed by atoms with van der Waals surface area (Å²) in [6.45, 7) is 5.66. The van der Waals surface area contributed by atoms with E-state index in [1.54, 1.807) is 0 Å². The van der Waals surface area contributed by atoms with Crippen molar-refractivity contribution in [2.45, 2.75) is 32.2 Å². The van der Waals surface area contributed by atoms with E-state index in [4.69, 9.17) is 0 Å². The molecule has 1 heterocycles. The van der Waals surface area contributed by atoms with Crippen molar-refractivity contribution >= 4 is 0 Å². The zero-order valence-corrected chi connectivity index (χ0v) is 5.78. The molecule has 0 radical (unpaired) electrons. The van der Waals surface area contributed by atoms with E-state index in [0.717, 1.165) is 0 Å². The lowest BCUT2D eigenvalue weighted by Gasteiger charge is -2.34. The van der Waals surface area contributed by atoms with Crippen LogP contribution in [0.3, 0.4) is 0 Å². The Bertz CT molecular complexity index is 86.4. The molecule has 1 heteroatoms. The third-order valence-electron chi connectivity index (χ3n) is 2.07. The van der Waals surface area contributed by atoms with Crippen molar-refractivity contribution in [1.29, 1.82) is 0 Å². The number of hydrogen-bond acceptors (Lipinski definition) is 1. The molecule has 0 saturated carbocycles. The monoisotopic (exact) mass is 112 g/mol. The van der Waals surface area contributed by atoms with Gasteiger partial charge in [0.15, 0.2) is 0 Å². The fourth-order valence-corrected chi connectivity index (χ4v) is 1.16. The molecule has 0 atom stereocenters. The number of likely N-dealkylation sites (tertiary alicyclic amines) is 1. The molecule has 0 aliphatic carbocycles. The van der Waals surface area contributed by atoms with E-state index in [2.05, 4.69) is 25.8 Å². The Kier molecular flexibility index (Phi) is 1.31. The van der Waals surface area contributed by atoms with E-state index in [9.17, 15) is 0 Å². The summed E-state index contributed by atoms with van der Waals surface area (Å²) in [7, 11) is 3.92. The minimum atomic E-state index is 0.375. The molecule has 0 unspecified atom stereocenters. The van der Waals surface area contributed by atoms with Gasteiger partial charge in [-0.25, -0.2) is 0 Å². The van der Waals surface area contributed by atoms with Gasteiger partial charge in [0.05, 0.1) is 0 Å². The maximum atomic E-state index is 3.92. The highest BCUT2D eigenvalue weighted by Crippen LogP contribution is 2.26. The predicted molar refractivity (Wildman–Crippen MR) is 35.4 cm³/mol. The zero-order chi connectivity index (χ0) is 6.20. The third kappa shape index (κ3) is 0.873. The summed E-state index contributed by atoms with van der Waals surface area (Å²) < 4.78 is 0. The molecule has 1 fully saturated rings. The maximum Gasteiger partial charge on any atom is -0.0125 e. The third-order valence-corrected chi connectivity index (χ3v) is 2.07. The highest BCUT2D eigenvalue weighted by molar-refractivity contribution is 4.86. The van der Waals surface area contributed by atoms with Crippen molar-refractivity contribution in [3.8, 4) is 0 Å². The van der Waals surface area contributed by atoms with Gasteiger partial charge in [-0.15, -0.1) is 0 Å². The van der Waals surface area contributed by atoms with Crippen LogP contribution in [0.2, 0.25) is 0 Å². The average molecular weight is 112 g/mol. The number of nitrogens with zero attached hydrogens (tertiary/aromatic N) is 1. The summed E-state index contributed by atoms with van der Waals surface area (Å²) in [5, 5.41) is 0. The minimum Gasteiger partial charge on any atom is -0.454 e. The molecule has 0 aromatic rings. The predicted octanol–water partition coefficient (Wildman–Crippen LogP) is 1.65. The van der Waals surface area contributed by atoms with Crippen molar-refractivity contribution in [3.05, 3.63) is 7.05 Å². The molecule has 0 bridgehead atoms. The Labute approximate surface area is 51.7 Å². The van der Waals surface area contributed by atoms with E-state index in [0.29, 0.717) is 5.54 Å². The first-order valence-electron chi connectivity index (χ1n) is 3.21. The largest absolute Gasteiger partial charge is 0.454 e. The molecule has 0 aromatic heterocycles. The lowest BCUT2D eigenvalue weighted by molar-refractivity contribution is 0.245. The van der Waals surface area contributed by atoms with Crippen molar-refractivity contribution in [2.75, 3.05) is 6.54 Å². The molecule has 0 N–H and O–H groups in total. The zero-order valence-electron chi connectivity index (χ0n) is 5.78. The lowest BCUT2D eigenvalue weighted by Crippen LogP contribution is -2.32. The standard InChI is InChI=1S/C7H14N/c1-7(2)5-4-6-8(7)3/h3-6H2,1-2H3/q-1. The van der Waals surface area contributed by atoms with Crippen LogP contribution in [0.25, 0.3) is 0 Å². The van der Waals surface area contributed by atoms with Crippen LogP contribution >= 0.6 is 0 Å². The van der Waals surface area contributed by atoms with Gasteiger partial charge in [0.1, 0.15) is 0 Å². The highest BCUT2D eigenvalue weighted by atomic mass is 15.2. The van der Waals surface area contributed by atoms with Crippen LogP contribution in [-0.4, -0.2) is 17.0 Å². The Balaban J connectivity index is 2.54. The SMILES string of the molecule is [CH2-]N1CCCC1(C)C. The first-order valence-corrected chi connectivity index (χ1v) is 3.21. The molecule has 0 spiro atoms. The molecule has 0 amide bonds. The smallest absolute Gasteiger partial charge is 0.0125 e. The van der Waals surface area contributed by atoms with Crippen LogP contribution in [-0.2, 0) is 0 Å². The first-order chi connectivity index (χ1) is 3.63. The van der Waals surface area contributed by atoms with E-state index in [1.807, 2.05) is 0 Å². The van der Waals surface area contributed by atoms with Crippen molar-refractivity contribution in [2.24, 2.45) is 0 Å². The maximum absolute atomic E-state index is 3.92. The van der Waals surface area contributed by atoms with Crippen LogP contribution in [0.4, 0.5) is 0 Å². The fraction of sp³-hybridized carbons (Fsp3) is 0.857. The molecule has 0 aromatic carbocycles. The van der Waals surface area contributed by atoms with Gasteiger partial charge in [0, 0.05) is 0 Å². The van der Waals surface area contributed by atoms with Gasteiger partial charge < -0.3 is 4.90 Å². The van der Waals surface area contributed by atoms with Gasteiger partial charge >= 0.3 is 0 Å². The van der Waals surface area contributed by atoms with Crippen LogP contribution in [0.1, 0.15) is 26.7 Å². The Morgan fingerprint density at radius 2 is 2.12 bits per heavy atom. The molecule has 1 nitrogen and oxygen atoms in total. The van der Waals surface area contributed by atoms with E-state index >= 15 is 0 Å². The van der Waals surface area contributed by atoms with Gasteiger partial charge in [0.25, 0.3) is 0 Å². The van der Waals surface area contributed by atoms with Crippen LogP contribution < -0.4 is 0 Å². The number of rotatable bonds is 0. The second-order valence-corrected chi connectivity index (χ2v) is 3.18. The van der Waals surface area contributed by atoms with Crippen LogP contribution in [0.15, 0.2) is 0 Å². The van der Waals surface area contributed by atoms with E-state index in [-0.39, 0.29) is 0 Å². The molecular formula is C7H14N-. The van der Waals surface area contributed by atoms with Gasteiger partial charge in [0.2, 0.25) is 0 Å². The quantitative estimate of drug-likeness (QED) is 0.431. The van der Waals surface area contributed by atoms with Crippen molar-refractivity contribution in [3.63, 3.8) is 0 Å². The van der Waals surface area contributed by atoms with E-state index in [1.165, 1.54) is 19.4 Å².